The van der Waals surface area contributed by atoms with E-state index in [2.05, 4.69) is 15.6 Å². The number of anilines is 2. The molecule has 6 heteroatoms. The van der Waals surface area contributed by atoms with E-state index in [1.807, 2.05) is 6.07 Å². The van der Waals surface area contributed by atoms with Gasteiger partial charge in [0.05, 0.1) is 22.5 Å². The van der Waals surface area contributed by atoms with E-state index in [1.165, 1.54) is 12.3 Å². The maximum absolute atomic E-state index is 13.6. The Kier molecular flexibility index (Phi) is 5.75. The molecular weight excluding hydrogens is 343 g/mol. The minimum atomic E-state index is -0.358. The molecule has 0 saturated heterocycles. The number of para-hydroxylation sites is 1. The molecule has 1 aromatic heterocycles. The summed E-state index contributed by atoms with van der Waals surface area (Å²) in [5, 5.41) is 15.0. The lowest BCUT2D eigenvalue weighted by atomic mass is 10.1. The zero-order chi connectivity index (χ0) is 19.1. The van der Waals surface area contributed by atoms with Crippen molar-refractivity contribution in [1.29, 1.82) is 5.26 Å². The maximum atomic E-state index is 13.6. The lowest BCUT2D eigenvalue weighted by Gasteiger charge is -2.10. The molecule has 0 saturated carbocycles. The third-order valence-corrected chi connectivity index (χ3v) is 3.98. The largest absolute Gasteiger partial charge is 0.383 e. The van der Waals surface area contributed by atoms with E-state index >= 15 is 0 Å². The van der Waals surface area contributed by atoms with Crippen molar-refractivity contribution >= 4 is 17.3 Å². The predicted molar refractivity (Wildman–Crippen MR) is 102 cm³/mol. The Bertz CT molecular complexity index is 997. The average molecular weight is 360 g/mol. The second-order valence-electron chi connectivity index (χ2n) is 5.84. The van der Waals surface area contributed by atoms with Crippen molar-refractivity contribution in [3.05, 3.63) is 89.5 Å². The van der Waals surface area contributed by atoms with Crippen LogP contribution in [0.25, 0.3) is 0 Å². The highest BCUT2D eigenvalue weighted by atomic mass is 19.1. The summed E-state index contributed by atoms with van der Waals surface area (Å²) in [6.45, 7) is 0.505. The lowest BCUT2D eigenvalue weighted by molar-refractivity contribution is 0.102. The van der Waals surface area contributed by atoms with Crippen molar-refractivity contribution < 1.29 is 9.18 Å². The van der Waals surface area contributed by atoms with Crippen LogP contribution in [0, 0.1) is 17.1 Å². The van der Waals surface area contributed by atoms with Crippen LogP contribution in [0.2, 0.25) is 0 Å². The summed E-state index contributed by atoms with van der Waals surface area (Å²) in [7, 11) is 0. The first kappa shape index (κ1) is 18.1. The summed E-state index contributed by atoms with van der Waals surface area (Å²) >= 11 is 0. The van der Waals surface area contributed by atoms with Crippen molar-refractivity contribution in [2.45, 2.75) is 6.42 Å². The Hall–Kier alpha value is -3.72. The van der Waals surface area contributed by atoms with Gasteiger partial charge in [0.25, 0.3) is 5.91 Å². The number of amides is 1. The van der Waals surface area contributed by atoms with Gasteiger partial charge in [0.15, 0.2) is 0 Å². The smallest absolute Gasteiger partial charge is 0.257 e. The van der Waals surface area contributed by atoms with Gasteiger partial charge in [0.1, 0.15) is 11.9 Å². The molecule has 0 aliphatic rings. The topological polar surface area (TPSA) is 77.8 Å². The van der Waals surface area contributed by atoms with Crippen LogP contribution in [0.4, 0.5) is 15.8 Å². The van der Waals surface area contributed by atoms with Gasteiger partial charge in [0.2, 0.25) is 0 Å². The monoisotopic (exact) mass is 360 g/mol. The first-order valence-electron chi connectivity index (χ1n) is 8.40. The standard InChI is InChI=1S/C21H17FN4O/c22-19-7-3-1-5-15(19)9-10-25-18-11-17(13-24-14-18)21(27)26-20-8-4-2-6-16(20)12-23/h1-8,11,13-14,25H,9-10H2,(H,26,27). The zero-order valence-electron chi connectivity index (χ0n) is 14.4. The van der Waals surface area contributed by atoms with Crippen molar-refractivity contribution in [2.75, 3.05) is 17.2 Å². The van der Waals surface area contributed by atoms with E-state index in [0.717, 1.165) is 0 Å². The molecule has 0 unspecified atom stereocenters. The number of nitriles is 1. The minimum absolute atomic E-state index is 0.235. The summed E-state index contributed by atoms with van der Waals surface area (Å²) in [6, 6.07) is 17.1. The predicted octanol–water partition coefficient (Wildman–Crippen LogP) is 4.00. The molecule has 2 aromatic carbocycles. The molecule has 0 bridgehead atoms. The Morgan fingerprint density at radius 1 is 1.11 bits per heavy atom. The number of carbonyl (C=O) groups is 1. The fourth-order valence-electron chi connectivity index (χ4n) is 2.59. The van der Waals surface area contributed by atoms with Crippen LogP contribution in [0.3, 0.4) is 0 Å². The number of pyridine rings is 1. The van der Waals surface area contributed by atoms with E-state index in [1.54, 1.807) is 54.7 Å². The maximum Gasteiger partial charge on any atom is 0.257 e. The normalized spacial score (nSPS) is 10.1. The summed E-state index contributed by atoms with van der Waals surface area (Å²) in [5.41, 5.74) is 2.48. The summed E-state index contributed by atoms with van der Waals surface area (Å²) < 4.78 is 13.6. The van der Waals surface area contributed by atoms with Gasteiger partial charge in [-0.1, -0.05) is 30.3 Å². The number of hydrogen-bond acceptors (Lipinski definition) is 4. The molecule has 5 nitrogen and oxygen atoms in total. The van der Waals surface area contributed by atoms with Crippen molar-refractivity contribution in [3.63, 3.8) is 0 Å². The van der Waals surface area contributed by atoms with Gasteiger partial charge < -0.3 is 10.6 Å². The van der Waals surface area contributed by atoms with Crippen LogP contribution in [-0.2, 0) is 6.42 Å². The van der Waals surface area contributed by atoms with Crippen LogP contribution in [0.5, 0.6) is 0 Å². The molecule has 0 radical (unpaired) electrons. The van der Waals surface area contributed by atoms with E-state index in [4.69, 9.17) is 5.26 Å². The van der Waals surface area contributed by atoms with Gasteiger partial charge in [-0.05, 0) is 36.2 Å². The molecular formula is C21H17FN4O. The number of carbonyl (C=O) groups excluding carboxylic acids is 1. The molecule has 0 aliphatic carbocycles. The second kappa shape index (κ2) is 8.59. The summed E-state index contributed by atoms with van der Waals surface area (Å²) in [6.07, 6.45) is 3.56. The highest BCUT2D eigenvalue weighted by Gasteiger charge is 2.10. The number of nitrogens with zero attached hydrogens (tertiary/aromatic N) is 2. The Labute approximate surface area is 156 Å². The first-order valence-corrected chi connectivity index (χ1v) is 8.40. The summed E-state index contributed by atoms with van der Waals surface area (Å²) in [4.78, 5) is 16.5. The van der Waals surface area contributed by atoms with Crippen molar-refractivity contribution in [1.82, 2.24) is 4.98 Å². The number of halogens is 1. The van der Waals surface area contributed by atoms with Gasteiger partial charge in [-0.3, -0.25) is 9.78 Å². The Morgan fingerprint density at radius 3 is 2.70 bits per heavy atom. The second-order valence-corrected chi connectivity index (χ2v) is 5.84. The minimum Gasteiger partial charge on any atom is -0.383 e. The van der Waals surface area contributed by atoms with Crippen LogP contribution in [0.1, 0.15) is 21.5 Å². The molecule has 3 aromatic rings. The van der Waals surface area contributed by atoms with E-state index in [-0.39, 0.29) is 11.7 Å². The number of benzene rings is 2. The highest BCUT2D eigenvalue weighted by molar-refractivity contribution is 6.05. The molecule has 2 N–H and O–H groups in total. The molecule has 134 valence electrons. The summed E-state index contributed by atoms with van der Waals surface area (Å²) in [5.74, 6) is -0.593. The van der Waals surface area contributed by atoms with Gasteiger partial charge in [-0.2, -0.15) is 5.26 Å². The molecule has 1 heterocycles. The molecule has 0 atom stereocenters. The fourth-order valence-corrected chi connectivity index (χ4v) is 2.59. The molecule has 0 aliphatic heterocycles. The zero-order valence-corrected chi connectivity index (χ0v) is 14.4. The number of aromatic nitrogens is 1. The highest BCUT2D eigenvalue weighted by Crippen LogP contribution is 2.16. The van der Waals surface area contributed by atoms with Crippen LogP contribution < -0.4 is 10.6 Å². The van der Waals surface area contributed by atoms with Crippen LogP contribution in [-0.4, -0.2) is 17.4 Å². The van der Waals surface area contributed by atoms with Gasteiger partial charge in [0, 0.05) is 18.9 Å². The number of rotatable bonds is 6. The fraction of sp³-hybridized carbons (Fsp3) is 0.0952. The van der Waals surface area contributed by atoms with Crippen molar-refractivity contribution in [3.8, 4) is 6.07 Å². The third-order valence-electron chi connectivity index (χ3n) is 3.98. The lowest BCUT2D eigenvalue weighted by Crippen LogP contribution is -2.14. The molecule has 3 rings (SSSR count). The van der Waals surface area contributed by atoms with Crippen LogP contribution >= 0.6 is 0 Å². The van der Waals surface area contributed by atoms with E-state index in [0.29, 0.717) is 41.0 Å². The van der Waals surface area contributed by atoms with E-state index < -0.39 is 0 Å². The van der Waals surface area contributed by atoms with Gasteiger partial charge in [-0.25, -0.2) is 4.39 Å². The SMILES string of the molecule is N#Cc1ccccc1NC(=O)c1cncc(NCCc2ccccc2F)c1. The quantitative estimate of drug-likeness (QED) is 0.696. The molecule has 0 fully saturated rings. The number of hydrogen-bond donors (Lipinski definition) is 2. The average Bonchev–Trinajstić information content (AvgIpc) is 2.70. The van der Waals surface area contributed by atoms with Crippen molar-refractivity contribution in [2.24, 2.45) is 0 Å². The third kappa shape index (κ3) is 4.67. The van der Waals surface area contributed by atoms with Gasteiger partial charge >= 0.3 is 0 Å². The Balaban J connectivity index is 1.64. The molecule has 0 spiro atoms. The molecule has 27 heavy (non-hydrogen) atoms. The Morgan fingerprint density at radius 2 is 1.89 bits per heavy atom. The van der Waals surface area contributed by atoms with E-state index in [9.17, 15) is 9.18 Å². The van der Waals surface area contributed by atoms with Gasteiger partial charge in [-0.15, -0.1) is 0 Å². The first-order chi connectivity index (χ1) is 13.2. The molecule has 1 amide bonds. The van der Waals surface area contributed by atoms with Crippen LogP contribution in [0.15, 0.2) is 67.0 Å². The number of nitrogens with one attached hydrogen (secondary N) is 2.